The molecule has 0 saturated carbocycles. The van der Waals surface area contributed by atoms with Gasteiger partial charge in [0.2, 0.25) is 0 Å². The van der Waals surface area contributed by atoms with Crippen molar-refractivity contribution in [3.63, 3.8) is 0 Å². The third kappa shape index (κ3) is 3.01. The Morgan fingerprint density at radius 1 is 1.30 bits per heavy atom. The van der Waals surface area contributed by atoms with Crippen molar-refractivity contribution in [2.45, 2.75) is 20.3 Å². The lowest BCUT2D eigenvalue weighted by Crippen LogP contribution is -2.08. The van der Waals surface area contributed by atoms with E-state index in [-0.39, 0.29) is 12.2 Å². The Morgan fingerprint density at radius 3 is 2.45 bits per heavy atom. The second kappa shape index (κ2) is 5.66. The van der Waals surface area contributed by atoms with Crippen LogP contribution in [0.15, 0.2) is 22.7 Å². The number of aryl methyl sites for hydroxylation is 2. The molecule has 0 atom stereocenters. The second-order valence-electron chi connectivity index (χ2n) is 4.39. The van der Waals surface area contributed by atoms with Gasteiger partial charge in [0, 0.05) is 27.0 Å². The van der Waals surface area contributed by atoms with Gasteiger partial charge in [-0.15, -0.1) is 0 Å². The van der Waals surface area contributed by atoms with Crippen molar-refractivity contribution in [2.75, 3.05) is 0 Å². The van der Waals surface area contributed by atoms with Crippen molar-refractivity contribution < 1.29 is 14.3 Å². The van der Waals surface area contributed by atoms with Crippen molar-refractivity contribution in [1.29, 1.82) is 0 Å². The van der Waals surface area contributed by atoms with Crippen molar-refractivity contribution in [3.05, 3.63) is 45.4 Å². The maximum Gasteiger partial charge on any atom is 0.307 e. The smallest absolute Gasteiger partial charge is 0.307 e. The standard InChI is InChI=1S/C14H12BrFN2O2/c1-7-10(6-13(19)20)8(2)18-14(17-7)11-5-9(16)3-4-12(11)15/h3-5H,6H2,1-2H3,(H,19,20). The van der Waals surface area contributed by atoms with Crippen LogP contribution in [0.3, 0.4) is 0 Å². The molecule has 1 aromatic carbocycles. The molecule has 4 nitrogen and oxygen atoms in total. The summed E-state index contributed by atoms with van der Waals surface area (Å²) in [5.41, 5.74) is 2.31. The molecule has 0 unspecified atom stereocenters. The Balaban J connectivity index is 2.54. The Labute approximate surface area is 123 Å². The van der Waals surface area contributed by atoms with E-state index >= 15 is 0 Å². The first kappa shape index (κ1) is 14.6. The molecule has 104 valence electrons. The highest BCUT2D eigenvalue weighted by atomic mass is 79.9. The van der Waals surface area contributed by atoms with E-state index in [1.807, 2.05) is 0 Å². The zero-order valence-electron chi connectivity index (χ0n) is 10.9. The van der Waals surface area contributed by atoms with E-state index in [9.17, 15) is 9.18 Å². The highest BCUT2D eigenvalue weighted by molar-refractivity contribution is 9.10. The maximum absolute atomic E-state index is 13.3. The summed E-state index contributed by atoms with van der Waals surface area (Å²) in [6.45, 7) is 3.45. The Morgan fingerprint density at radius 2 is 1.90 bits per heavy atom. The molecule has 0 aliphatic rings. The van der Waals surface area contributed by atoms with E-state index in [0.717, 1.165) is 0 Å². The summed E-state index contributed by atoms with van der Waals surface area (Å²) in [4.78, 5) is 19.4. The Bertz CT molecular complexity index is 666. The molecule has 0 bridgehead atoms. The van der Waals surface area contributed by atoms with E-state index in [4.69, 9.17) is 5.11 Å². The van der Waals surface area contributed by atoms with Gasteiger partial charge in [-0.05, 0) is 32.0 Å². The highest BCUT2D eigenvalue weighted by Gasteiger charge is 2.14. The number of hydrogen-bond acceptors (Lipinski definition) is 3. The summed E-state index contributed by atoms with van der Waals surface area (Å²) < 4.78 is 14.0. The summed E-state index contributed by atoms with van der Waals surface area (Å²) in [6.07, 6.45) is -0.123. The van der Waals surface area contributed by atoms with Crippen LogP contribution in [-0.2, 0) is 11.2 Å². The molecule has 2 aromatic rings. The van der Waals surface area contributed by atoms with Crippen molar-refractivity contribution in [2.24, 2.45) is 0 Å². The summed E-state index contributed by atoms with van der Waals surface area (Å²) in [5.74, 6) is -0.934. The number of aliphatic carboxylic acids is 1. The Kier molecular flexibility index (Phi) is 4.13. The number of aromatic nitrogens is 2. The lowest BCUT2D eigenvalue weighted by molar-refractivity contribution is -0.136. The molecule has 1 heterocycles. The first-order valence-electron chi connectivity index (χ1n) is 5.90. The molecule has 2 rings (SSSR count). The van der Waals surface area contributed by atoms with Crippen LogP contribution in [0.1, 0.15) is 17.0 Å². The highest BCUT2D eigenvalue weighted by Crippen LogP contribution is 2.27. The van der Waals surface area contributed by atoms with E-state index in [1.54, 1.807) is 19.9 Å². The SMILES string of the molecule is Cc1nc(-c2cc(F)ccc2Br)nc(C)c1CC(=O)O. The van der Waals surface area contributed by atoms with Crippen LogP contribution in [0.4, 0.5) is 4.39 Å². The largest absolute Gasteiger partial charge is 0.481 e. The first-order valence-corrected chi connectivity index (χ1v) is 6.69. The second-order valence-corrected chi connectivity index (χ2v) is 5.25. The minimum absolute atomic E-state index is 0.123. The molecule has 0 spiro atoms. The van der Waals surface area contributed by atoms with Crippen LogP contribution < -0.4 is 0 Å². The molecule has 20 heavy (non-hydrogen) atoms. The van der Waals surface area contributed by atoms with Gasteiger partial charge < -0.3 is 5.11 Å². The van der Waals surface area contributed by atoms with Crippen LogP contribution in [-0.4, -0.2) is 21.0 Å². The summed E-state index contributed by atoms with van der Waals surface area (Å²) in [5, 5.41) is 8.87. The quantitative estimate of drug-likeness (QED) is 0.932. The van der Waals surface area contributed by atoms with Gasteiger partial charge >= 0.3 is 5.97 Å². The molecule has 0 aliphatic heterocycles. The van der Waals surface area contributed by atoms with Gasteiger partial charge in [-0.2, -0.15) is 0 Å². The van der Waals surface area contributed by atoms with Crippen molar-refractivity contribution in [3.8, 4) is 11.4 Å². The summed E-state index contributed by atoms with van der Waals surface area (Å²) in [7, 11) is 0. The molecular formula is C14H12BrFN2O2. The van der Waals surface area contributed by atoms with Crippen molar-refractivity contribution >= 4 is 21.9 Å². The number of carboxylic acid groups (broad SMARTS) is 1. The number of nitrogens with zero attached hydrogens (tertiary/aromatic N) is 2. The lowest BCUT2D eigenvalue weighted by Gasteiger charge is -2.10. The molecule has 6 heteroatoms. The molecule has 0 fully saturated rings. The van der Waals surface area contributed by atoms with Crippen LogP contribution >= 0.6 is 15.9 Å². The van der Waals surface area contributed by atoms with E-state index in [2.05, 4.69) is 25.9 Å². The van der Waals surface area contributed by atoms with Gasteiger partial charge in [0.05, 0.1) is 6.42 Å². The fraction of sp³-hybridized carbons (Fsp3) is 0.214. The predicted octanol–water partition coefficient (Wildman–Crippen LogP) is 3.29. The average Bonchev–Trinajstić information content (AvgIpc) is 2.36. The topological polar surface area (TPSA) is 63.1 Å². The summed E-state index contributed by atoms with van der Waals surface area (Å²) in [6, 6.07) is 4.27. The van der Waals surface area contributed by atoms with Crippen LogP contribution in [0.5, 0.6) is 0 Å². The van der Waals surface area contributed by atoms with Gasteiger partial charge in [-0.25, -0.2) is 14.4 Å². The minimum Gasteiger partial charge on any atom is -0.481 e. The number of carbonyl (C=O) groups is 1. The molecule has 0 aliphatic carbocycles. The zero-order valence-corrected chi connectivity index (χ0v) is 12.5. The number of carboxylic acids is 1. The van der Waals surface area contributed by atoms with Crippen LogP contribution in [0.2, 0.25) is 0 Å². The first-order chi connectivity index (χ1) is 9.38. The van der Waals surface area contributed by atoms with Gasteiger partial charge in [-0.1, -0.05) is 15.9 Å². The number of hydrogen-bond donors (Lipinski definition) is 1. The van der Waals surface area contributed by atoms with E-state index in [0.29, 0.717) is 32.8 Å². The normalized spacial score (nSPS) is 10.6. The number of rotatable bonds is 3. The van der Waals surface area contributed by atoms with E-state index < -0.39 is 5.97 Å². The number of benzene rings is 1. The molecule has 0 amide bonds. The zero-order chi connectivity index (χ0) is 14.9. The average molecular weight is 339 g/mol. The third-order valence-corrected chi connectivity index (χ3v) is 3.61. The van der Waals surface area contributed by atoms with E-state index in [1.165, 1.54) is 12.1 Å². The lowest BCUT2D eigenvalue weighted by atomic mass is 10.1. The van der Waals surface area contributed by atoms with Gasteiger partial charge in [0.25, 0.3) is 0 Å². The fourth-order valence-corrected chi connectivity index (χ4v) is 2.36. The van der Waals surface area contributed by atoms with Crippen LogP contribution in [0, 0.1) is 19.7 Å². The van der Waals surface area contributed by atoms with Gasteiger partial charge in [-0.3, -0.25) is 4.79 Å². The molecule has 0 saturated heterocycles. The summed E-state index contributed by atoms with van der Waals surface area (Å²) >= 11 is 3.33. The molecule has 1 N–H and O–H groups in total. The molecular weight excluding hydrogens is 327 g/mol. The monoisotopic (exact) mass is 338 g/mol. The maximum atomic E-state index is 13.3. The Hall–Kier alpha value is -1.82. The van der Waals surface area contributed by atoms with Crippen LogP contribution in [0.25, 0.3) is 11.4 Å². The van der Waals surface area contributed by atoms with Gasteiger partial charge in [0.1, 0.15) is 5.82 Å². The predicted molar refractivity (Wildman–Crippen MR) is 75.9 cm³/mol. The van der Waals surface area contributed by atoms with Gasteiger partial charge in [0.15, 0.2) is 5.82 Å². The molecule has 1 aromatic heterocycles. The third-order valence-electron chi connectivity index (χ3n) is 2.92. The minimum atomic E-state index is -0.931. The molecule has 0 radical (unpaired) electrons. The fourth-order valence-electron chi connectivity index (χ4n) is 1.94. The number of halogens is 2. The van der Waals surface area contributed by atoms with Crippen molar-refractivity contribution in [1.82, 2.24) is 9.97 Å².